The van der Waals surface area contributed by atoms with Crippen molar-refractivity contribution in [3.05, 3.63) is 0 Å². The molecule has 5 nitrogen and oxygen atoms in total. The molecule has 1 aliphatic rings. The van der Waals surface area contributed by atoms with Gasteiger partial charge in [0.1, 0.15) is 0 Å². The maximum absolute atomic E-state index is 11.9. The number of hydrogen-bond donors (Lipinski definition) is 2. The molecule has 1 fully saturated rings. The zero-order valence-corrected chi connectivity index (χ0v) is 12.0. The van der Waals surface area contributed by atoms with Crippen LogP contribution in [0.4, 0.5) is 0 Å². The number of rotatable bonds is 7. The number of carbonyl (C=O) groups excluding carboxylic acids is 1. The number of aliphatic carboxylic acids is 1. The van der Waals surface area contributed by atoms with E-state index in [2.05, 4.69) is 10.2 Å². The number of piperidine rings is 1. The van der Waals surface area contributed by atoms with Gasteiger partial charge in [-0.05, 0) is 51.6 Å². The molecule has 1 heterocycles. The van der Waals surface area contributed by atoms with Gasteiger partial charge in [0.05, 0.1) is 6.04 Å². The van der Waals surface area contributed by atoms with E-state index in [1.165, 1.54) is 0 Å². The molecule has 0 aliphatic carbocycles. The highest BCUT2D eigenvalue weighted by Gasteiger charge is 2.26. The van der Waals surface area contributed by atoms with E-state index in [4.69, 9.17) is 5.11 Å². The molecule has 0 radical (unpaired) electrons. The third-order valence-electron chi connectivity index (χ3n) is 3.89. The number of likely N-dealkylation sites (tertiary alicyclic amines) is 1. The molecule has 19 heavy (non-hydrogen) atoms. The lowest BCUT2D eigenvalue weighted by molar-refractivity contribution is -0.137. The number of carboxylic acids is 1. The molecule has 1 rings (SSSR count). The molecule has 1 aliphatic heterocycles. The van der Waals surface area contributed by atoms with Gasteiger partial charge in [0.2, 0.25) is 5.91 Å². The maximum atomic E-state index is 11.9. The number of nitrogens with zero attached hydrogens (tertiary/aromatic N) is 1. The minimum Gasteiger partial charge on any atom is -0.481 e. The van der Waals surface area contributed by atoms with Crippen molar-refractivity contribution >= 4 is 11.9 Å². The molecule has 0 aromatic carbocycles. The topological polar surface area (TPSA) is 69.6 Å². The Morgan fingerprint density at radius 3 is 2.53 bits per heavy atom. The van der Waals surface area contributed by atoms with Crippen molar-refractivity contribution in [1.82, 2.24) is 10.2 Å². The van der Waals surface area contributed by atoms with E-state index in [9.17, 15) is 9.59 Å². The van der Waals surface area contributed by atoms with Crippen LogP contribution >= 0.6 is 0 Å². The van der Waals surface area contributed by atoms with E-state index in [0.717, 1.165) is 45.3 Å². The first-order chi connectivity index (χ1) is 9.04. The van der Waals surface area contributed by atoms with Crippen LogP contribution in [-0.2, 0) is 9.59 Å². The summed E-state index contributed by atoms with van der Waals surface area (Å²) in [6, 6.07) is -0.0769. The third kappa shape index (κ3) is 5.59. The quantitative estimate of drug-likeness (QED) is 0.735. The molecular formula is C14H26N2O3. The summed E-state index contributed by atoms with van der Waals surface area (Å²) in [7, 11) is 0. The zero-order valence-electron chi connectivity index (χ0n) is 12.0. The van der Waals surface area contributed by atoms with Crippen molar-refractivity contribution in [2.24, 2.45) is 5.92 Å². The van der Waals surface area contributed by atoms with Crippen LogP contribution in [0.1, 0.15) is 46.0 Å². The SMILES string of the molecule is CCCNC(=O)C(C)N1CCC(CCC(=O)O)CC1. The van der Waals surface area contributed by atoms with Crippen LogP contribution < -0.4 is 5.32 Å². The van der Waals surface area contributed by atoms with Crippen LogP contribution in [0.2, 0.25) is 0 Å². The summed E-state index contributed by atoms with van der Waals surface area (Å²) >= 11 is 0. The standard InChI is InChI=1S/C14H26N2O3/c1-3-8-15-14(19)11(2)16-9-6-12(7-10-16)4-5-13(17)18/h11-12H,3-10H2,1-2H3,(H,15,19)(H,17,18). The first-order valence-electron chi connectivity index (χ1n) is 7.28. The molecule has 0 aromatic rings. The van der Waals surface area contributed by atoms with E-state index in [1.54, 1.807) is 0 Å². The van der Waals surface area contributed by atoms with Crippen LogP contribution in [0.3, 0.4) is 0 Å². The molecule has 1 amide bonds. The first-order valence-corrected chi connectivity index (χ1v) is 7.28. The Bertz CT molecular complexity index is 299. The van der Waals surface area contributed by atoms with Gasteiger partial charge in [-0.3, -0.25) is 14.5 Å². The van der Waals surface area contributed by atoms with Gasteiger partial charge in [-0.25, -0.2) is 0 Å². The maximum Gasteiger partial charge on any atom is 0.303 e. The van der Waals surface area contributed by atoms with Crippen LogP contribution in [0.5, 0.6) is 0 Å². The minimum atomic E-state index is -0.713. The Balaban J connectivity index is 2.28. The summed E-state index contributed by atoms with van der Waals surface area (Å²) in [5, 5.41) is 11.6. The average molecular weight is 270 g/mol. The smallest absolute Gasteiger partial charge is 0.303 e. The Hall–Kier alpha value is -1.10. The van der Waals surface area contributed by atoms with Crippen molar-refractivity contribution in [2.45, 2.75) is 52.0 Å². The fourth-order valence-corrected chi connectivity index (χ4v) is 2.52. The summed E-state index contributed by atoms with van der Waals surface area (Å²) in [6.07, 6.45) is 3.98. The highest BCUT2D eigenvalue weighted by atomic mass is 16.4. The van der Waals surface area contributed by atoms with Gasteiger partial charge in [0, 0.05) is 13.0 Å². The predicted octanol–water partition coefficient (Wildman–Crippen LogP) is 1.48. The molecule has 0 spiro atoms. The van der Waals surface area contributed by atoms with Gasteiger partial charge >= 0.3 is 5.97 Å². The number of carbonyl (C=O) groups is 2. The lowest BCUT2D eigenvalue weighted by Gasteiger charge is -2.35. The van der Waals surface area contributed by atoms with E-state index in [1.807, 2.05) is 13.8 Å². The lowest BCUT2D eigenvalue weighted by atomic mass is 9.91. The van der Waals surface area contributed by atoms with E-state index in [-0.39, 0.29) is 18.4 Å². The van der Waals surface area contributed by atoms with Gasteiger partial charge in [-0.15, -0.1) is 0 Å². The highest BCUT2D eigenvalue weighted by molar-refractivity contribution is 5.81. The van der Waals surface area contributed by atoms with Crippen LogP contribution in [0, 0.1) is 5.92 Å². The normalized spacial score (nSPS) is 19.1. The summed E-state index contributed by atoms with van der Waals surface area (Å²) in [5.74, 6) is -0.112. The zero-order chi connectivity index (χ0) is 14.3. The van der Waals surface area contributed by atoms with Gasteiger partial charge in [-0.2, -0.15) is 0 Å². The number of hydrogen-bond acceptors (Lipinski definition) is 3. The third-order valence-corrected chi connectivity index (χ3v) is 3.89. The molecular weight excluding hydrogens is 244 g/mol. The second-order valence-corrected chi connectivity index (χ2v) is 5.38. The predicted molar refractivity (Wildman–Crippen MR) is 73.9 cm³/mol. The van der Waals surface area contributed by atoms with Crippen molar-refractivity contribution in [2.75, 3.05) is 19.6 Å². The average Bonchev–Trinajstić information content (AvgIpc) is 2.42. The molecule has 5 heteroatoms. The largest absolute Gasteiger partial charge is 0.481 e. The van der Waals surface area contributed by atoms with Crippen molar-refractivity contribution in [3.63, 3.8) is 0 Å². The number of nitrogens with one attached hydrogen (secondary N) is 1. The molecule has 2 N–H and O–H groups in total. The molecule has 0 aromatic heterocycles. The molecule has 110 valence electrons. The second kappa shape index (κ2) is 8.15. The molecule has 1 saturated heterocycles. The Kier molecular flexibility index (Phi) is 6.84. The Morgan fingerprint density at radius 2 is 2.00 bits per heavy atom. The second-order valence-electron chi connectivity index (χ2n) is 5.38. The van der Waals surface area contributed by atoms with Crippen molar-refractivity contribution in [1.29, 1.82) is 0 Å². The fourth-order valence-electron chi connectivity index (χ4n) is 2.52. The monoisotopic (exact) mass is 270 g/mol. The van der Waals surface area contributed by atoms with E-state index < -0.39 is 5.97 Å². The fraction of sp³-hybridized carbons (Fsp3) is 0.857. The van der Waals surface area contributed by atoms with Crippen LogP contribution in [0.15, 0.2) is 0 Å². The summed E-state index contributed by atoms with van der Waals surface area (Å²) < 4.78 is 0. The molecule has 0 saturated carbocycles. The summed E-state index contributed by atoms with van der Waals surface area (Å²) in [4.78, 5) is 24.6. The Labute approximate surface area is 115 Å². The van der Waals surface area contributed by atoms with Crippen molar-refractivity contribution < 1.29 is 14.7 Å². The van der Waals surface area contributed by atoms with Gasteiger partial charge < -0.3 is 10.4 Å². The lowest BCUT2D eigenvalue weighted by Crippen LogP contribution is -2.48. The first kappa shape index (κ1) is 16.0. The molecule has 1 unspecified atom stereocenters. The van der Waals surface area contributed by atoms with Gasteiger partial charge in [0.25, 0.3) is 0 Å². The minimum absolute atomic E-state index is 0.0769. The number of amides is 1. The molecule has 0 bridgehead atoms. The molecule has 1 atom stereocenters. The van der Waals surface area contributed by atoms with Crippen LogP contribution in [0.25, 0.3) is 0 Å². The van der Waals surface area contributed by atoms with Gasteiger partial charge in [-0.1, -0.05) is 6.92 Å². The van der Waals surface area contributed by atoms with E-state index in [0.29, 0.717) is 5.92 Å². The van der Waals surface area contributed by atoms with E-state index >= 15 is 0 Å². The Morgan fingerprint density at radius 1 is 1.37 bits per heavy atom. The highest BCUT2D eigenvalue weighted by Crippen LogP contribution is 2.23. The summed E-state index contributed by atoms with van der Waals surface area (Å²) in [5.41, 5.74) is 0. The number of carboxylic acid groups (broad SMARTS) is 1. The van der Waals surface area contributed by atoms with Crippen molar-refractivity contribution in [3.8, 4) is 0 Å². The van der Waals surface area contributed by atoms with Crippen LogP contribution in [-0.4, -0.2) is 47.6 Å². The van der Waals surface area contributed by atoms with Gasteiger partial charge in [0.15, 0.2) is 0 Å². The summed E-state index contributed by atoms with van der Waals surface area (Å²) in [6.45, 7) is 6.51.